The van der Waals surface area contributed by atoms with Crippen LogP contribution in [0.5, 0.6) is 0 Å². The fraction of sp³-hybridized carbons (Fsp3) is 0.159. The molecule has 0 heterocycles. The van der Waals surface area contributed by atoms with Crippen LogP contribution in [0.1, 0.15) is 47.2 Å². The average molecular weight is 607 g/mol. The molecule has 0 saturated heterocycles. The van der Waals surface area contributed by atoms with Crippen molar-refractivity contribution < 1.29 is 18.9 Å². The quantitative estimate of drug-likeness (QED) is 0.139. The van der Waals surface area contributed by atoms with Crippen molar-refractivity contribution in [3.63, 3.8) is 0 Å². The summed E-state index contributed by atoms with van der Waals surface area (Å²) in [6.07, 6.45) is 5.78. The number of hydrogen-bond donors (Lipinski definition) is 0. The van der Waals surface area contributed by atoms with Gasteiger partial charge >= 0.3 is 18.9 Å². The molecule has 224 valence electrons. The second-order valence-electron chi connectivity index (χ2n) is 12.9. The van der Waals surface area contributed by atoms with Gasteiger partial charge in [-0.3, -0.25) is 0 Å². The predicted molar refractivity (Wildman–Crippen MR) is 201 cm³/mol. The maximum absolute atomic E-state index is 2.43. The van der Waals surface area contributed by atoms with Crippen LogP contribution in [-0.2, 0) is 6.42 Å². The van der Waals surface area contributed by atoms with E-state index in [1.165, 1.54) is 60.9 Å². The summed E-state index contributed by atoms with van der Waals surface area (Å²) >= 11 is 0. The summed E-state index contributed by atoms with van der Waals surface area (Å²) in [6, 6.07) is 47.6. The Bertz CT molecular complexity index is 1980. The summed E-state index contributed by atoms with van der Waals surface area (Å²) < 4.78 is 0. The molecule has 6 aromatic rings. The number of rotatable bonds is 3. The summed E-state index contributed by atoms with van der Waals surface area (Å²) in [5.74, 6) is 0. The van der Waals surface area contributed by atoms with Gasteiger partial charge in [0.15, 0.2) is 0 Å². The fourth-order valence-corrected chi connectivity index (χ4v) is 9.22. The molecule has 8 rings (SSSR count). The van der Waals surface area contributed by atoms with E-state index in [0.29, 0.717) is 0 Å². The van der Waals surface area contributed by atoms with E-state index in [1.807, 2.05) is 0 Å². The average Bonchev–Trinajstić information content (AvgIpc) is 3.74. The zero-order valence-corrected chi connectivity index (χ0v) is 29.4. The van der Waals surface area contributed by atoms with Crippen LogP contribution in [0.15, 0.2) is 145 Å². The first-order valence-electron chi connectivity index (χ1n) is 16.2. The van der Waals surface area contributed by atoms with Gasteiger partial charge in [0.05, 0.1) is 0 Å². The smallest absolute Gasteiger partial charge is 0.165 e. The van der Waals surface area contributed by atoms with Crippen molar-refractivity contribution >= 4 is 31.7 Å². The molecular formula is C44H43LiSi. The van der Waals surface area contributed by atoms with Gasteiger partial charge in [-0.25, -0.2) is 0 Å². The molecular weight excluding hydrogens is 564 g/mol. The number of hydrogen-bond acceptors (Lipinski definition) is 0. The van der Waals surface area contributed by atoms with E-state index in [1.54, 1.807) is 11.1 Å². The Kier molecular flexibility index (Phi) is 10.9. The Hall–Kier alpha value is -4.00. The molecule has 6 aromatic carbocycles. The molecule has 0 radical (unpaired) electrons. The molecule has 46 heavy (non-hydrogen) atoms. The Labute approximate surface area is 289 Å². The molecule has 0 aromatic heterocycles. The molecule has 0 spiro atoms. The van der Waals surface area contributed by atoms with Crippen LogP contribution < -0.4 is 18.9 Å². The third-order valence-corrected chi connectivity index (χ3v) is 11.2. The van der Waals surface area contributed by atoms with Gasteiger partial charge in [-0.2, -0.15) is 6.07 Å². The van der Waals surface area contributed by atoms with Gasteiger partial charge in [-0.05, 0) is 64.8 Å². The summed E-state index contributed by atoms with van der Waals surface area (Å²) in [7, 11) is -0.586. The van der Waals surface area contributed by atoms with Crippen molar-refractivity contribution in [3.05, 3.63) is 172 Å². The summed E-state index contributed by atoms with van der Waals surface area (Å²) in [5.41, 5.74) is 16.3. The van der Waals surface area contributed by atoms with Crippen molar-refractivity contribution in [2.24, 2.45) is 0 Å². The zero-order chi connectivity index (χ0) is 31.3. The Morgan fingerprint density at radius 1 is 0.630 bits per heavy atom. The molecule has 0 fully saturated rings. The molecule has 0 bridgehead atoms. The predicted octanol–water partition coefficient (Wildman–Crippen LogP) is 9.06. The van der Waals surface area contributed by atoms with Crippen molar-refractivity contribution in [2.45, 2.75) is 45.8 Å². The number of aryl methyl sites for hydroxylation is 1. The fourth-order valence-electron chi connectivity index (χ4n) is 7.05. The minimum atomic E-state index is -0.586. The van der Waals surface area contributed by atoms with Crippen LogP contribution in [0.2, 0.25) is 13.1 Å². The molecule has 0 aliphatic heterocycles. The van der Waals surface area contributed by atoms with Gasteiger partial charge < -0.3 is 0 Å². The van der Waals surface area contributed by atoms with Gasteiger partial charge in [-0.15, -0.1) is 34.5 Å². The van der Waals surface area contributed by atoms with Gasteiger partial charge in [-0.1, -0.05) is 158 Å². The minimum absolute atomic E-state index is 0. The monoisotopic (exact) mass is 606 g/mol. The van der Waals surface area contributed by atoms with Gasteiger partial charge in [0.1, 0.15) is 0 Å². The van der Waals surface area contributed by atoms with Crippen molar-refractivity contribution in [1.82, 2.24) is 0 Å². The van der Waals surface area contributed by atoms with E-state index in [0.717, 1.165) is 12.0 Å². The normalized spacial score (nSPS) is 14.2. The molecule has 1 atom stereocenters. The standard InChI is InChI=1S/C16H14.C16H13.C12H16Si.Li/c2*1-12-10-14-8-5-9-15(16(14)11-12)13-6-3-2-4-7-13;1-9-8-10-6-4-5-7-11(10)12(9)13(2)3;/h2-9,11H,10H2,1H3;2-11H,1H3;4-8,12-13H,1-3H3;/q;-1;;+1. The largest absolute Gasteiger partial charge is 1.00 e. The van der Waals surface area contributed by atoms with Gasteiger partial charge in [0, 0.05) is 8.80 Å². The van der Waals surface area contributed by atoms with Crippen LogP contribution in [0.4, 0.5) is 0 Å². The molecule has 0 amide bonds. The van der Waals surface area contributed by atoms with Crippen LogP contribution in [0.25, 0.3) is 45.2 Å². The van der Waals surface area contributed by atoms with E-state index in [4.69, 9.17) is 0 Å². The maximum atomic E-state index is 2.43. The third-order valence-electron chi connectivity index (χ3n) is 8.99. The zero-order valence-electron chi connectivity index (χ0n) is 28.2. The van der Waals surface area contributed by atoms with E-state index in [2.05, 4.69) is 179 Å². The van der Waals surface area contributed by atoms with E-state index < -0.39 is 8.80 Å². The Balaban J connectivity index is 0.000000135. The van der Waals surface area contributed by atoms with Crippen LogP contribution in [-0.4, -0.2) is 8.80 Å². The molecule has 2 heteroatoms. The SMILES string of the molecule is CC1=Cc2c(cccc2-c2ccccc2)C1.CC1=Cc2ccccc2C1[SiH](C)C.Cc1cc2c(-c3ccccc3)cccc2[cH-]1.[Li+]. The molecule has 0 N–H and O–H groups in total. The first-order chi connectivity index (χ1) is 21.9. The van der Waals surface area contributed by atoms with Crippen LogP contribution in [0.3, 0.4) is 0 Å². The van der Waals surface area contributed by atoms with Crippen molar-refractivity contribution in [2.75, 3.05) is 0 Å². The maximum Gasteiger partial charge on any atom is 1.00 e. The first kappa shape index (κ1) is 33.4. The first-order valence-corrected chi connectivity index (χ1v) is 19.2. The number of fused-ring (bicyclic) bond motifs is 3. The molecule has 0 saturated carbocycles. The van der Waals surface area contributed by atoms with Gasteiger partial charge in [0.25, 0.3) is 0 Å². The summed E-state index contributed by atoms with van der Waals surface area (Å²) in [6.45, 7) is 11.5. The topological polar surface area (TPSA) is 0 Å². The van der Waals surface area contributed by atoms with Crippen molar-refractivity contribution in [3.8, 4) is 22.3 Å². The minimum Gasteiger partial charge on any atom is -0.165 e. The van der Waals surface area contributed by atoms with Crippen LogP contribution in [0, 0.1) is 6.92 Å². The van der Waals surface area contributed by atoms with E-state index in [-0.39, 0.29) is 18.9 Å². The molecule has 2 aliphatic carbocycles. The number of benzene rings is 5. The van der Waals surface area contributed by atoms with Crippen LogP contribution >= 0.6 is 0 Å². The molecule has 2 aliphatic rings. The van der Waals surface area contributed by atoms with Crippen molar-refractivity contribution in [1.29, 1.82) is 0 Å². The van der Waals surface area contributed by atoms with E-state index >= 15 is 0 Å². The van der Waals surface area contributed by atoms with Gasteiger partial charge in [0.2, 0.25) is 0 Å². The summed E-state index contributed by atoms with van der Waals surface area (Å²) in [5, 5.41) is 2.69. The molecule has 0 nitrogen and oxygen atoms in total. The third kappa shape index (κ3) is 7.35. The Morgan fingerprint density at radius 3 is 1.93 bits per heavy atom. The summed E-state index contributed by atoms with van der Waals surface area (Å²) in [4.78, 5) is 0. The molecule has 1 unspecified atom stereocenters. The second kappa shape index (κ2) is 15.1. The van der Waals surface area contributed by atoms with E-state index in [9.17, 15) is 0 Å². The second-order valence-corrected chi connectivity index (χ2v) is 16.0. The number of allylic oxidation sites excluding steroid dienone is 2. The Morgan fingerprint density at radius 2 is 1.24 bits per heavy atom.